The molecule has 2 heterocycles. The Hall–Kier alpha value is -2.75. The molecule has 0 spiro atoms. The SMILES string of the molecule is COc1ccc(-c2nnc(CSc3nnc(C)n3N)o2)cc1OC. The van der Waals surface area contributed by atoms with Crippen molar-refractivity contribution in [2.24, 2.45) is 0 Å². The monoisotopic (exact) mass is 348 g/mol. The Balaban J connectivity index is 1.74. The molecule has 0 saturated heterocycles. The van der Waals surface area contributed by atoms with Crippen molar-refractivity contribution in [3.05, 3.63) is 29.9 Å². The molecule has 0 aliphatic rings. The highest BCUT2D eigenvalue weighted by Crippen LogP contribution is 2.32. The fourth-order valence-electron chi connectivity index (χ4n) is 1.97. The summed E-state index contributed by atoms with van der Waals surface area (Å²) < 4.78 is 17.6. The number of aromatic nitrogens is 5. The van der Waals surface area contributed by atoms with Gasteiger partial charge in [-0.15, -0.1) is 20.4 Å². The molecule has 0 saturated carbocycles. The molecule has 2 N–H and O–H groups in total. The van der Waals surface area contributed by atoms with Crippen molar-refractivity contribution < 1.29 is 13.9 Å². The van der Waals surface area contributed by atoms with Crippen LogP contribution in [0.25, 0.3) is 11.5 Å². The Morgan fingerprint density at radius 1 is 1.12 bits per heavy atom. The molecule has 3 aromatic rings. The highest BCUT2D eigenvalue weighted by molar-refractivity contribution is 7.98. The van der Waals surface area contributed by atoms with Crippen molar-refractivity contribution >= 4 is 11.8 Å². The van der Waals surface area contributed by atoms with E-state index >= 15 is 0 Å². The number of hydrogen-bond acceptors (Lipinski definition) is 9. The van der Waals surface area contributed by atoms with Crippen LogP contribution >= 0.6 is 11.8 Å². The smallest absolute Gasteiger partial charge is 0.247 e. The fourth-order valence-corrected chi connectivity index (χ4v) is 2.71. The maximum Gasteiger partial charge on any atom is 0.247 e. The molecule has 2 aromatic heterocycles. The minimum absolute atomic E-state index is 0.400. The summed E-state index contributed by atoms with van der Waals surface area (Å²) in [4.78, 5) is 0. The van der Waals surface area contributed by atoms with Crippen LogP contribution in [0.1, 0.15) is 11.7 Å². The van der Waals surface area contributed by atoms with Crippen LogP contribution in [0.4, 0.5) is 0 Å². The largest absolute Gasteiger partial charge is 0.493 e. The van der Waals surface area contributed by atoms with Crippen LogP contribution in [-0.2, 0) is 5.75 Å². The van der Waals surface area contributed by atoms with E-state index in [1.54, 1.807) is 33.3 Å². The molecule has 0 fully saturated rings. The Morgan fingerprint density at radius 2 is 1.92 bits per heavy atom. The average molecular weight is 348 g/mol. The first-order valence-electron chi connectivity index (χ1n) is 6.97. The zero-order valence-corrected chi connectivity index (χ0v) is 14.2. The lowest BCUT2D eigenvalue weighted by molar-refractivity contribution is 0.355. The first-order chi connectivity index (χ1) is 11.6. The zero-order valence-electron chi connectivity index (χ0n) is 13.4. The van der Waals surface area contributed by atoms with Crippen LogP contribution in [0.2, 0.25) is 0 Å². The van der Waals surface area contributed by atoms with Gasteiger partial charge in [-0.25, -0.2) is 4.68 Å². The molecule has 0 radical (unpaired) electrons. The molecule has 3 rings (SSSR count). The summed E-state index contributed by atoms with van der Waals surface area (Å²) >= 11 is 1.37. The Labute approximate surface area is 142 Å². The normalized spacial score (nSPS) is 10.8. The van der Waals surface area contributed by atoms with Crippen LogP contribution in [0.3, 0.4) is 0 Å². The van der Waals surface area contributed by atoms with E-state index in [9.17, 15) is 0 Å². The van der Waals surface area contributed by atoms with Gasteiger partial charge in [0.1, 0.15) is 5.82 Å². The van der Waals surface area contributed by atoms with Crippen LogP contribution in [0.5, 0.6) is 11.5 Å². The third-order valence-electron chi connectivity index (χ3n) is 3.26. The number of nitrogens with two attached hydrogens (primary N) is 1. The van der Waals surface area contributed by atoms with E-state index < -0.39 is 0 Å². The average Bonchev–Trinajstić information content (AvgIpc) is 3.20. The molecule has 0 amide bonds. The van der Waals surface area contributed by atoms with Crippen molar-refractivity contribution in [2.75, 3.05) is 20.1 Å². The number of hydrogen-bond donors (Lipinski definition) is 1. The molecule has 0 atom stereocenters. The highest BCUT2D eigenvalue weighted by Gasteiger charge is 2.14. The van der Waals surface area contributed by atoms with Crippen molar-refractivity contribution in [3.63, 3.8) is 0 Å². The number of thioether (sulfide) groups is 1. The predicted molar refractivity (Wildman–Crippen MR) is 87.3 cm³/mol. The van der Waals surface area contributed by atoms with Gasteiger partial charge in [0, 0.05) is 5.56 Å². The number of aryl methyl sites for hydroxylation is 1. The van der Waals surface area contributed by atoms with Crippen molar-refractivity contribution in [3.8, 4) is 23.0 Å². The van der Waals surface area contributed by atoms with Gasteiger partial charge in [-0.05, 0) is 25.1 Å². The van der Waals surface area contributed by atoms with Gasteiger partial charge in [0.2, 0.25) is 16.9 Å². The van der Waals surface area contributed by atoms with Crippen molar-refractivity contribution in [2.45, 2.75) is 17.8 Å². The van der Waals surface area contributed by atoms with Crippen LogP contribution in [0.15, 0.2) is 27.8 Å². The van der Waals surface area contributed by atoms with E-state index in [0.717, 1.165) is 5.56 Å². The predicted octanol–water partition coefficient (Wildman–Crippen LogP) is 1.66. The van der Waals surface area contributed by atoms with E-state index in [-0.39, 0.29) is 0 Å². The lowest BCUT2D eigenvalue weighted by Gasteiger charge is -2.07. The van der Waals surface area contributed by atoms with Gasteiger partial charge in [-0.3, -0.25) is 0 Å². The second-order valence-corrected chi connectivity index (χ2v) is 5.70. The quantitative estimate of drug-likeness (QED) is 0.524. The molecule has 9 nitrogen and oxygen atoms in total. The van der Waals surface area contributed by atoms with Gasteiger partial charge in [0.25, 0.3) is 0 Å². The van der Waals surface area contributed by atoms with Gasteiger partial charge in [-0.2, -0.15) is 0 Å². The summed E-state index contributed by atoms with van der Waals surface area (Å²) in [5, 5.41) is 16.5. The lowest BCUT2D eigenvalue weighted by Crippen LogP contribution is -2.11. The molecular weight excluding hydrogens is 332 g/mol. The summed E-state index contributed by atoms with van der Waals surface area (Å²) in [6.07, 6.45) is 0. The number of rotatable bonds is 6. The zero-order chi connectivity index (χ0) is 17.1. The summed E-state index contributed by atoms with van der Waals surface area (Å²) in [5.41, 5.74) is 0.745. The van der Waals surface area contributed by atoms with Gasteiger partial charge in [0.15, 0.2) is 11.5 Å². The second kappa shape index (κ2) is 6.79. The number of ether oxygens (including phenoxy) is 2. The number of benzene rings is 1. The molecule has 126 valence electrons. The minimum Gasteiger partial charge on any atom is -0.493 e. The molecule has 0 aliphatic heterocycles. The van der Waals surface area contributed by atoms with Gasteiger partial charge in [-0.1, -0.05) is 11.8 Å². The minimum atomic E-state index is 0.400. The Morgan fingerprint density at radius 3 is 2.58 bits per heavy atom. The van der Waals surface area contributed by atoms with Crippen LogP contribution in [0, 0.1) is 6.92 Å². The molecule has 0 bridgehead atoms. The van der Waals surface area contributed by atoms with E-state index in [1.165, 1.54) is 16.4 Å². The molecule has 1 aromatic carbocycles. The van der Waals surface area contributed by atoms with Crippen LogP contribution < -0.4 is 15.3 Å². The second-order valence-electron chi connectivity index (χ2n) is 4.76. The summed E-state index contributed by atoms with van der Waals surface area (Å²) in [5.74, 6) is 8.96. The molecule has 10 heteroatoms. The number of nitrogens with zero attached hydrogens (tertiary/aromatic N) is 5. The van der Waals surface area contributed by atoms with E-state index in [0.29, 0.717) is 40.0 Å². The van der Waals surface area contributed by atoms with Crippen LogP contribution in [-0.4, -0.2) is 39.3 Å². The summed E-state index contributed by atoms with van der Waals surface area (Å²) in [7, 11) is 3.15. The van der Waals surface area contributed by atoms with Gasteiger partial charge >= 0.3 is 0 Å². The van der Waals surface area contributed by atoms with Gasteiger partial charge in [0.05, 0.1) is 20.0 Å². The van der Waals surface area contributed by atoms with E-state index in [4.69, 9.17) is 19.7 Å². The van der Waals surface area contributed by atoms with E-state index in [1.807, 2.05) is 6.07 Å². The molecule has 0 aliphatic carbocycles. The number of methoxy groups -OCH3 is 2. The summed E-state index contributed by atoms with van der Waals surface area (Å²) in [6, 6.07) is 5.39. The van der Waals surface area contributed by atoms with Crippen molar-refractivity contribution in [1.82, 2.24) is 25.1 Å². The standard InChI is InChI=1S/C14H16N6O3S/c1-8-16-19-14(20(8)15)24-7-12-17-18-13(23-12)9-4-5-10(21-2)11(6-9)22-3/h4-6H,7,15H2,1-3H3. The molecule has 24 heavy (non-hydrogen) atoms. The van der Waals surface area contributed by atoms with Crippen molar-refractivity contribution in [1.29, 1.82) is 0 Å². The van der Waals surface area contributed by atoms with E-state index in [2.05, 4.69) is 20.4 Å². The summed E-state index contributed by atoms with van der Waals surface area (Å²) in [6.45, 7) is 1.78. The molecule has 0 unspecified atom stereocenters. The highest BCUT2D eigenvalue weighted by atomic mass is 32.2. The first-order valence-corrected chi connectivity index (χ1v) is 7.95. The Kier molecular flexibility index (Phi) is 4.56. The first kappa shape index (κ1) is 16.1. The third kappa shape index (κ3) is 3.13. The number of nitrogen functional groups attached to an aromatic ring is 1. The third-order valence-corrected chi connectivity index (χ3v) is 4.18. The van der Waals surface area contributed by atoms with Gasteiger partial charge < -0.3 is 19.7 Å². The Bertz CT molecular complexity index is 847. The lowest BCUT2D eigenvalue weighted by atomic mass is 10.2. The maximum atomic E-state index is 5.80. The topological polar surface area (TPSA) is 114 Å². The maximum absolute atomic E-state index is 5.80. The molecular formula is C14H16N6O3S. The fraction of sp³-hybridized carbons (Fsp3) is 0.286.